The fourth-order valence-corrected chi connectivity index (χ4v) is 0.861. The highest BCUT2D eigenvalue weighted by molar-refractivity contribution is 5.69. The molecule has 4 heteroatoms. The Balaban J connectivity index is 3.14. The van der Waals surface area contributed by atoms with Crippen LogP contribution in [-0.4, -0.2) is 35.9 Å². The summed E-state index contributed by atoms with van der Waals surface area (Å²) in [4.78, 5) is 10.4. The lowest BCUT2D eigenvalue weighted by atomic mass is 10.1. The molecule has 0 saturated heterocycles. The van der Waals surface area contributed by atoms with Crippen LogP contribution in [0.25, 0.3) is 0 Å². The normalized spacial score (nSPS) is 12.8. The number of aliphatic hydroxyl groups is 1. The number of aliphatic carboxylic acids is 1. The summed E-state index contributed by atoms with van der Waals surface area (Å²) in [6, 6.07) is 0. The van der Waals surface area contributed by atoms with Crippen molar-refractivity contribution in [2.45, 2.75) is 19.8 Å². The molecule has 0 radical (unpaired) electrons. The maximum Gasteiger partial charge on any atom is 0.306 e. The third kappa shape index (κ3) is 6.12. The Hall–Kier alpha value is -0.610. The van der Waals surface area contributed by atoms with E-state index in [0.29, 0.717) is 13.0 Å². The fraction of sp³-hybridized carbons (Fsp3) is 0.875. The molecule has 0 aliphatic rings. The van der Waals surface area contributed by atoms with Crippen molar-refractivity contribution in [3.63, 3.8) is 0 Å². The van der Waals surface area contributed by atoms with Gasteiger partial charge in [0.2, 0.25) is 0 Å². The molecule has 0 aromatic rings. The maximum atomic E-state index is 10.4. The minimum atomic E-state index is -0.739. The second-order valence-electron chi connectivity index (χ2n) is 2.86. The van der Waals surface area contributed by atoms with Gasteiger partial charge in [0.25, 0.3) is 0 Å². The predicted octanol–water partition coefficient (Wildman–Crippen LogP) is 0.0692. The van der Waals surface area contributed by atoms with Crippen LogP contribution >= 0.6 is 0 Å². The third-order valence-electron chi connectivity index (χ3n) is 1.70. The van der Waals surface area contributed by atoms with Crippen LogP contribution in [0.15, 0.2) is 0 Å². The van der Waals surface area contributed by atoms with Gasteiger partial charge >= 0.3 is 5.97 Å². The Kier molecular flexibility index (Phi) is 6.70. The fourth-order valence-electron chi connectivity index (χ4n) is 0.861. The standard InChI is InChI=1S/C8H17NO3/c1-7(8(11)12)3-2-4-9-5-6-10/h7,9-10H,2-6H2,1H3,(H,11,12)/t7-/m0/s1. The first-order valence-corrected chi connectivity index (χ1v) is 4.23. The van der Waals surface area contributed by atoms with Gasteiger partial charge in [0.05, 0.1) is 12.5 Å². The van der Waals surface area contributed by atoms with Crippen molar-refractivity contribution in [2.24, 2.45) is 5.92 Å². The highest BCUT2D eigenvalue weighted by Crippen LogP contribution is 2.03. The Bertz CT molecular complexity index is 127. The van der Waals surface area contributed by atoms with Crippen LogP contribution in [0.1, 0.15) is 19.8 Å². The Morgan fingerprint density at radius 1 is 1.50 bits per heavy atom. The van der Waals surface area contributed by atoms with Gasteiger partial charge in [0, 0.05) is 6.54 Å². The number of carbonyl (C=O) groups is 1. The summed E-state index contributed by atoms with van der Waals surface area (Å²) >= 11 is 0. The minimum Gasteiger partial charge on any atom is -0.481 e. The Labute approximate surface area is 72.6 Å². The first-order valence-electron chi connectivity index (χ1n) is 4.23. The molecule has 0 spiro atoms. The molecular formula is C8H17NO3. The molecule has 0 amide bonds. The largest absolute Gasteiger partial charge is 0.481 e. The molecule has 0 fully saturated rings. The van der Waals surface area contributed by atoms with Gasteiger partial charge < -0.3 is 15.5 Å². The van der Waals surface area contributed by atoms with Crippen LogP contribution in [0.4, 0.5) is 0 Å². The van der Waals surface area contributed by atoms with E-state index in [1.54, 1.807) is 6.92 Å². The van der Waals surface area contributed by atoms with Gasteiger partial charge in [-0.25, -0.2) is 0 Å². The van der Waals surface area contributed by atoms with E-state index in [4.69, 9.17) is 10.2 Å². The van der Waals surface area contributed by atoms with E-state index in [9.17, 15) is 4.79 Å². The quantitative estimate of drug-likeness (QED) is 0.479. The zero-order valence-corrected chi connectivity index (χ0v) is 7.42. The first-order chi connectivity index (χ1) is 5.68. The van der Waals surface area contributed by atoms with Crippen LogP contribution in [0.2, 0.25) is 0 Å². The molecule has 0 aromatic carbocycles. The van der Waals surface area contributed by atoms with Crippen molar-refractivity contribution in [1.29, 1.82) is 0 Å². The zero-order valence-electron chi connectivity index (χ0n) is 7.42. The van der Waals surface area contributed by atoms with Gasteiger partial charge in [-0.2, -0.15) is 0 Å². The lowest BCUT2D eigenvalue weighted by Gasteiger charge is -2.05. The number of carboxylic acid groups (broad SMARTS) is 1. The van der Waals surface area contributed by atoms with Gasteiger partial charge in [0.15, 0.2) is 0 Å². The van der Waals surface area contributed by atoms with Crippen LogP contribution in [0.5, 0.6) is 0 Å². The molecule has 4 nitrogen and oxygen atoms in total. The van der Waals surface area contributed by atoms with Crippen molar-refractivity contribution in [1.82, 2.24) is 5.32 Å². The Morgan fingerprint density at radius 3 is 2.67 bits per heavy atom. The molecule has 0 aliphatic carbocycles. The van der Waals surface area contributed by atoms with Gasteiger partial charge in [-0.1, -0.05) is 6.92 Å². The highest BCUT2D eigenvalue weighted by Gasteiger charge is 2.08. The summed E-state index contributed by atoms with van der Waals surface area (Å²) in [5.41, 5.74) is 0. The summed E-state index contributed by atoms with van der Waals surface area (Å²) in [7, 11) is 0. The molecule has 72 valence electrons. The second kappa shape index (κ2) is 7.06. The zero-order chi connectivity index (χ0) is 9.40. The van der Waals surface area contributed by atoms with E-state index in [2.05, 4.69) is 5.32 Å². The average molecular weight is 175 g/mol. The monoisotopic (exact) mass is 175 g/mol. The number of aliphatic hydroxyl groups excluding tert-OH is 1. The minimum absolute atomic E-state index is 0.133. The van der Waals surface area contributed by atoms with E-state index < -0.39 is 5.97 Å². The maximum absolute atomic E-state index is 10.4. The summed E-state index contributed by atoms with van der Waals surface area (Å²) in [5.74, 6) is -1.00. The molecule has 0 saturated carbocycles. The second-order valence-corrected chi connectivity index (χ2v) is 2.86. The van der Waals surface area contributed by atoms with Crippen LogP contribution in [0.3, 0.4) is 0 Å². The highest BCUT2D eigenvalue weighted by atomic mass is 16.4. The van der Waals surface area contributed by atoms with E-state index in [-0.39, 0.29) is 12.5 Å². The van der Waals surface area contributed by atoms with Crippen molar-refractivity contribution < 1.29 is 15.0 Å². The third-order valence-corrected chi connectivity index (χ3v) is 1.70. The van der Waals surface area contributed by atoms with Gasteiger partial charge in [-0.15, -0.1) is 0 Å². The summed E-state index contributed by atoms with van der Waals surface area (Å²) in [6.07, 6.45) is 1.53. The number of nitrogens with one attached hydrogen (secondary N) is 1. The molecule has 0 unspecified atom stereocenters. The molecule has 0 rings (SSSR count). The number of carboxylic acids is 1. The molecule has 0 aliphatic heterocycles. The van der Waals surface area contributed by atoms with Crippen molar-refractivity contribution in [2.75, 3.05) is 19.7 Å². The van der Waals surface area contributed by atoms with E-state index in [1.165, 1.54) is 0 Å². The topological polar surface area (TPSA) is 69.6 Å². The molecule has 3 N–H and O–H groups in total. The van der Waals surface area contributed by atoms with E-state index >= 15 is 0 Å². The van der Waals surface area contributed by atoms with E-state index in [1.807, 2.05) is 0 Å². The van der Waals surface area contributed by atoms with Gasteiger partial charge in [-0.05, 0) is 19.4 Å². The summed E-state index contributed by atoms with van der Waals surface area (Å²) in [5, 5.41) is 19.9. The molecule has 12 heavy (non-hydrogen) atoms. The molecule has 1 atom stereocenters. The lowest BCUT2D eigenvalue weighted by molar-refractivity contribution is -0.141. The average Bonchev–Trinajstić information content (AvgIpc) is 2.03. The van der Waals surface area contributed by atoms with Gasteiger partial charge in [0.1, 0.15) is 0 Å². The smallest absolute Gasteiger partial charge is 0.306 e. The SMILES string of the molecule is C[C@@H](CCCNCCO)C(=O)O. The molecule has 0 heterocycles. The molecule has 0 aromatic heterocycles. The van der Waals surface area contributed by atoms with Crippen LogP contribution in [0, 0.1) is 5.92 Å². The van der Waals surface area contributed by atoms with Crippen LogP contribution in [-0.2, 0) is 4.79 Å². The van der Waals surface area contributed by atoms with Crippen molar-refractivity contribution in [3.05, 3.63) is 0 Å². The summed E-state index contributed by atoms with van der Waals surface area (Å²) in [6.45, 7) is 3.20. The number of hydrogen-bond acceptors (Lipinski definition) is 3. The van der Waals surface area contributed by atoms with Crippen molar-refractivity contribution >= 4 is 5.97 Å². The lowest BCUT2D eigenvalue weighted by Crippen LogP contribution is -2.20. The number of rotatable bonds is 7. The molecule has 0 bridgehead atoms. The first kappa shape index (κ1) is 11.4. The van der Waals surface area contributed by atoms with Crippen LogP contribution < -0.4 is 5.32 Å². The van der Waals surface area contributed by atoms with Crippen molar-refractivity contribution in [3.8, 4) is 0 Å². The Morgan fingerprint density at radius 2 is 2.17 bits per heavy atom. The molecular weight excluding hydrogens is 158 g/mol. The van der Waals surface area contributed by atoms with E-state index in [0.717, 1.165) is 13.0 Å². The summed E-state index contributed by atoms with van der Waals surface area (Å²) < 4.78 is 0. The van der Waals surface area contributed by atoms with Gasteiger partial charge in [-0.3, -0.25) is 4.79 Å². The number of hydrogen-bond donors (Lipinski definition) is 3. The predicted molar refractivity (Wildman–Crippen MR) is 46.0 cm³/mol.